The van der Waals surface area contributed by atoms with Gasteiger partial charge in [0.2, 0.25) is 11.8 Å². The molecule has 0 bridgehead atoms. The van der Waals surface area contributed by atoms with Gasteiger partial charge in [0, 0.05) is 43.6 Å². The molecule has 0 aliphatic carbocycles. The molecule has 1 fully saturated rings. The number of hydrogen-bond donors (Lipinski definition) is 0. The number of amides is 1. The highest BCUT2D eigenvalue weighted by Crippen LogP contribution is 2.32. The van der Waals surface area contributed by atoms with Crippen molar-refractivity contribution in [3.05, 3.63) is 35.1 Å². The molecular weight excluding hydrogens is 317 g/mol. The molecule has 128 valence electrons. The molecule has 2 rings (SSSR count). The Hall–Kier alpha value is -1.66. The van der Waals surface area contributed by atoms with Gasteiger partial charge in [0.1, 0.15) is 17.5 Å². The lowest BCUT2D eigenvalue weighted by atomic mass is 9.88. The van der Waals surface area contributed by atoms with Gasteiger partial charge in [-0.25, -0.2) is 22.0 Å². The van der Waals surface area contributed by atoms with Crippen molar-refractivity contribution in [1.29, 1.82) is 0 Å². The molecule has 0 saturated carbocycles. The largest absolute Gasteiger partial charge is 0.343 e. The molecule has 1 aromatic rings. The van der Waals surface area contributed by atoms with Crippen LogP contribution >= 0.6 is 0 Å². The summed E-state index contributed by atoms with van der Waals surface area (Å²) in [5.41, 5.74) is -0.168. The van der Waals surface area contributed by atoms with Crippen molar-refractivity contribution in [2.75, 3.05) is 13.1 Å². The Morgan fingerprint density at radius 3 is 2.17 bits per heavy atom. The fourth-order valence-corrected chi connectivity index (χ4v) is 2.85. The molecule has 0 unspecified atom stereocenters. The zero-order valence-corrected chi connectivity index (χ0v) is 12.7. The van der Waals surface area contributed by atoms with Crippen LogP contribution in [0.2, 0.25) is 0 Å². The van der Waals surface area contributed by atoms with Crippen LogP contribution in [-0.4, -0.2) is 29.8 Å². The first-order chi connectivity index (χ1) is 10.7. The van der Waals surface area contributed by atoms with Crippen molar-refractivity contribution in [1.82, 2.24) is 4.90 Å². The van der Waals surface area contributed by atoms with Gasteiger partial charge in [0.15, 0.2) is 0 Å². The molecular formula is C16H18F5NO. The van der Waals surface area contributed by atoms with E-state index in [1.807, 2.05) is 0 Å². The van der Waals surface area contributed by atoms with E-state index in [1.165, 1.54) is 4.90 Å². The van der Waals surface area contributed by atoms with E-state index in [1.54, 1.807) is 0 Å². The van der Waals surface area contributed by atoms with E-state index in [0.717, 1.165) is 6.92 Å². The quantitative estimate of drug-likeness (QED) is 0.754. The summed E-state index contributed by atoms with van der Waals surface area (Å²) in [6.07, 6.45) is -0.151. The molecule has 0 N–H and O–H groups in total. The van der Waals surface area contributed by atoms with Crippen LogP contribution in [0.5, 0.6) is 0 Å². The predicted molar refractivity (Wildman–Crippen MR) is 74.7 cm³/mol. The van der Waals surface area contributed by atoms with Crippen molar-refractivity contribution in [3.8, 4) is 0 Å². The summed E-state index contributed by atoms with van der Waals surface area (Å²) in [7, 11) is 0. The number of benzene rings is 1. The molecule has 0 radical (unpaired) electrons. The van der Waals surface area contributed by atoms with Crippen LogP contribution in [0.1, 0.15) is 44.1 Å². The lowest BCUT2D eigenvalue weighted by Gasteiger charge is -2.32. The smallest absolute Gasteiger partial charge is 0.245 e. The molecule has 23 heavy (non-hydrogen) atoms. The number of rotatable bonds is 4. The minimum atomic E-state index is -2.89. The second kappa shape index (κ2) is 6.84. The number of carbonyl (C=O) groups is 1. The van der Waals surface area contributed by atoms with Gasteiger partial charge < -0.3 is 4.90 Å². The van der Waals surface area contributed by atoms with Crippen LogP contribution in [-0.2, 0) is 4.79 Å². The molecule has 1 heterocycles. The molecule has 1 aliphatic rings. The molecule has 0 atom stereocenters. The summed E-state index contributed by atoms with van der Waals surface area (Å²) < 4.78 is 66.0. The van der Waals surface area contributed by atoms with E-state index >= 15 is 0 Å². The summed E-state index contributed by atoms with van der Waals surface area (Å²) >= 11 is 0. The first-order valence-electron chi connectivity index (χ1n) is 7.47. The van der Waals surface area contributed by atoms with Crippen molar-refractivity contribution in [2.45, 2.75) is 44.4 Å². The van der Waals surface area contributed by atoms with Crippen LogP contribution < -0.4 is 0 Å². The Bertz CT molecular complexity index is 553. The van der Waals surface area contributed by atoms with E-state index in [2.05, 4.69) is 0 Å². The highest BCUT2D eigenvalue weighted by molar-refractivity contribution is 5.76. The van der Waals surface area contributed by atoms with E-state index in [-0.39, 0.29) is 31.0 Å². The summed E-state index contributed by atoms with van der Waals surface area (Å²) in [6, 6.07) is 1.28. The van der Waals surface area contributed by atoms with E-state index < -0.39 is 35.7 Å². The highest BCUT2D eigenvalue weighted by Gasteiger charge is 2.29. The molecule has 0 spiro atoms. The van der Waals surface area contributed by atoms with Gasteiger partial charge in [-0.1, -0.05) is 0 Å². The SMILES string of the molecule is CC(F)(F)CCC(=O)N1CCC(c2c(F)cc(F)cc2F)CC1. The second-order valence-electron chi connectivity index (χ2n) is 6.01. The lowest BCUT2D eigenvalue weighted by molar-refractivity contribution is -0.134. The molecule has 1 amide bonds. The Morgan fingerprint density at radius 1 is 1.17 bits per heavy atom. The summed E-state index contributed by atoms with van der Waals surface area (Å²) in [5, 5.41) is 0. The minimum absolute atomic E-state index is 0.168. The number of alkyl halides is 2. The first-order valence-corrected chi connectivity index (χ1v) is 7.47. The van der Waals surface area contributed by atoms with Crippen LogP contribution in [0.4, 0.5) is 22.0 Å². The molecule has 1 aliphatic heterocycles. The topological polar surface area (TPSA) is 20.3 Å². The van der Waals surface area contributed by atoms with E-state index in [0.29, 0.717) is 25.0 Å². The number of carbonyl (C=O) groups excluding carboxylic acids is 1. The van der Waals surface area contributed by atoms with Gasteiger partial charge in [-0.3, -0.25) is 4.79 Å². The Kier molecular flexibility index (Phi) is 5.26. The van der Waals surface area contributed by atoms with Crippen molar-refractivity contribution in [2.24, 2.45) is 0 Å². The Morgan fingerprint density at radius 2 is 1.70 bits per heavy atom. The predicted octanol–water partition coefficient (Wildman–Crippen LogP) is 4.25. The molecule has 1 aromatic carbocycles. The third-order valence-corrected chi connectivity index (χ3v) is 4.08. The van der Waals surface area contributed by atoms with E-state index in [9.17, 15) is 26.7 Å². The van der Waals surface area contributed by atoms with Gasteiger partial charge in [0.05, 0.1) is 0 Å². The second-order valence-corrected chi connectivity index (χ2v) is 6.01. The Labute approximate surface area is 131 Å². The molecule has 1 saturated heterocycles. The summed E-state index contributed by atoms with van der Waals surface area (Å²) in [5.74, 6) is -6.57. The third-order valence-electron chi connectivity index (χ3n) is 4.08. The number of piperidine rings is 1. The maximum absolute atomic E-state index is 13.8. The van der Waals surface area contributed by atoms with Crippen LogP contribution in [0, 0.1) is 17.5 Å². The number of likely N-dealkylation sites (tertiary alicyclic amines) is 1. The van der Waals surface area contributed by atoms with Crippen LogP contribution in [0.3, 0.4) is 0 Å². The normalized spacial score (nSPS) is 16.7. The average Bonchev–Trinajstić information content (AvgIpc) is 2.43. The number of hydrogen-bond acceptors (Lipinski definition) is 1. The van der Waals surface area contributed by atoms with Crippen LogP contribution in [0.25, 0.3) is 0 Å². The Balaban J connectivity index is 1.95. The molecule has 2 nitrogen and oxygen atoms in total. The maximum atomic E-state index is 13.8. The molecule has 7 heteroatoms. The molecule has 0 aromatic heterocycles. The number of nitrogens with zero attached hydrogens (tertiary/aromatic N) is 1. The van der Waals surface area contributed by atoms with Crippen molar-refractivity contribution < 1.29 is 26.7 Å². The van der Waals surface area contributed by atoms with Gasteiger partial charge in [-0.15, -0.1) is 0 Å². The lowest BCUT2D eigenvalue weighted by Crippen LogP contribution is -2.38. The van der Waals surface area contributed by atoms with Gasteiger partial charge >= 0.3 is 0 Å². The minimum Gasteiger partial charge on any atom is -0.343 e. The fraction of sp³-hybridized carbons (Fsp3) is 0.562. The highest BCUT2D eigenvalue weighted by atomic mass is 19.3. The van der Waals surface area contributed by atoms with Gasteiger partial charge in [0.25, 0.3) is 0 Å². The fourth-order valence-electron chi connectivity index (χ4n) is 2.85. The van der Waals surface area contributed by atoms with E-state index in [4.69, 9.17) is 0 Å². The standard InChI is InChI=1S/C16H18F5NO/c1-16(20,21)5-2-14(23)22-6-3-10(4-7-22)15-12(18)8-11(17)9-13(15)19/h8-10H,2-7H2,1H3. The third kappa shape index (κ3) is 4.65. The van der Waals surface area contributed by atoms with Gasteiger partial charge in [-0.05, 0) is 25.7 Å². The zero-order valence-electron chi connectivity index (χ0n) is 12.7. The monoisotopic (exact) mass is 335 g/mol. The zero-order chi connectivity index (χ0) is 17.2. The average molecular weight is 335 g/mol. The first kappa shape index (κ1) is 17.7. The maximum Gasteiger partial charge on any atom is 0.245 e. The summed E-state index contributed by atoms with van der Waals surface area (Å²) in [6.45, 7) is 1.25. The van der Waals surface area contributed by atoms with Crippen molar-refractivity contribution in [3.63, 3.8) is 0 Å². The van der Waals surface area contributed by atoms with Crippen LogP contribution in [0.15, 0.2) is 12.1 Å². The summed E-state index contributed by atoms with van der Waals surface area (Å²) in [4.78, 5) is 13.3. The number of halogens is 5. The van der Waals surface area contributed by atoms with Crippen molar-refractivity contribution >= 4 is 5.91 Å². The van der Waals surface area contributed by atoms with Gasteiger partial charge in [-0.2, -0.15) is 0 Å².